The van der Waals surface area contributed by atoms with E-state index in [2.05, 4.69) is 21.2 Å². The molecule has 21 heavy (non-hydrogen) atoms. The molecule has 6 heteroatoms. The monoisotopic (exact) mass is 348 g/mol. The van der Waals surface area contributed by atoms with Crippen LogP contribution in [0.4, 0.5) is 0 Å². The number of furan rings is 1. The molecule has 2 fully saturated rings. The lowest BCUT2D eigenvalue weighted by atomic mass is 10.1. The van der Waals surface area contributed by atoms with Crippen molar-refractivity contribution in [2.75, 3.05) is 6.54 Å². The highest BCUT2D eigenvalue weighted by molar-refractivity contribution is 9.10. The van der Waals surface area contributed by atoms with E-state index in [1.165, 1.54) is 6.26 Å². The van der Waals surface area contributed by atoms with Gasteiger partial charge in [-0.1, -0.05) is 12.1 Å². The molecule has 2 saturated heterocycles. The lowest BCUT2D eigenvalue weighted by molar-refractivity contribution is -0.127. The quantitative estimate of drug-likeness (QED) is 0.859. The topological polar surface area (TPSA) is 62.6 Å². The van der Waals surface area contributed by atoms with Crippen LogP contribution in [-0.4, -0.2) is 35.3 Å². The number of amides is 2. The molecule has 2 aromatic rings. The minimum absolute atomic E-state index is 0.0499. The second-order valence-electron chi connectivity index (χ2n) is 5.47. The van der Waals surface area contributed by atoms with Crippen LogP contribution in [0.25, 0.3) is 11.0 Å². The fourth-order valence-electron chi connectivity index (χ4n) is 3.31. The SMILES string of the molecule is O=C1NCC2CCC1N2C(=O)c1coc2c(Br)cccc12. The van der Waals surface area contributed by atoms with Gasteiger partial charge in [0, 0.05) is 11.9 Å². The van der Waals surface area contributed by atoms with E-state index in [-0.39, 0.29) is 23.9 Å². The molecule has 0 aliphatic carbocycles. The number of benzene rings is 1. The zero-order valence-electron chi connectivity index (χ0n) is 11.1. The van der Waals surface area contributed by atoms with Gasteiger partial charge >= 0.3 is 0 Å². The summed E-state index contributed by atoms with van der Waals surface area (Å²) in [6, 6.07) is 5.36. The van der Waals surface area contributed by atoms with Crippen LogP contribution in [0.5, 0.6) is 0 Å². The summed E-state index contributed by atoms with van der Waals surface area (Å²) in [6.45, 7) is 0.542. The fourth-order valence-corrected chi connectivity index (χ4v) is 3.77. The van der Waals surface area contributed by atoms with E-state index in [1.54, 1.807) is 4.90 Å². The molecule has 1 aromatic carbocycles. The van der Waals surface area contributed by atoms with E-state index in [9.17, 15) is 9.59 Å². The molecule has 0 saturated carbocycles. The molecular weight excluding hydrogens is 336 g/mol. The van der Waals surface area contributed by atoms with Gasteiger partial charge in [-0.15, -0.1) is 0 Å². The third kappa shape index (κ3) is 1.82. The predicted octanol–water partition coefficient (Wildman–Crippen LogP) is 2.30. The maximum absolute atomic E-state index is 12.9. The normalized spacial score (nSPS) is 24.4. The number of nitrogens with one attached hydrogen (secondary N) is 1. The Bertz CT molecular complexity index is 754. The largest absolute Gasteiger partial charge is 0.462 e. The molecular formula is C15H13BrN2O3. The number of piperazine rings is 1. The first-order chi connectivity index (χ1) is 10.2. The number of para-hydroxylation sites is 1. The molecule has 1 N–H and O–H groups in total. The number of nitrogens with zero attached hydrogens (tertiary/aromatic N) is 1. The van der Waals surface area contributed by atoms with Crippen molar-refractivity contribution in [2.45, 2.75) is 24.9 Å². The summed E-state index contributed by atoms with van der Waals surface area (Å²) in [5, 5.41) is 3.63. The molecule has 0 spiro atoms. The van der Waals surface area contributed by atoms with Gasteiger partial charge < -0.3 is 14.6 Å². The Hall–Kier alpha value is -1.82. The highest BCUT2D eigenvalue weighted by atomic mass is 79.9. The number of hydrogen-bond donors (Lipinski definition) is 1. The summed E-state index contributed by atoms with van der Waals surface area (Å²) in [6.07, 6.45) is 3.10. The average molecular weight is 349 g/mol. The molecule has 2 aliphatic rings. The standard InChI is InChI=1S/C15H13BrN2O3/c16-11-3-1-2-9-10(7-21-13(9)11)15(20)18-8-4-5-12(18)14(19)17-6-8/h1-3,7-8,12H,4-6H2,(H,17,19). The van der Waals surface area contributed by atoms with E-state index in [4.69, 9.17) is 4.42 Å². The van der Waals surface area contributed by atoms with Gasteiger partial charge in [-0.25, -0.2) is 0 Å². The minimum Gasteiger partial charge on any atom is -0.462 e. The molecule has 2 bridgehead atoms. The molecule has 0 radical (unpaired) electrons. The third-order valence-electron chi connectivity index (χ3n) is 4.33. The van der Waals surface area contributed by atoms with E-state index in [0.717, 1.165) is 22.7 Å². The fraction of sp³-hybridized carbons (Fsp3) is 0.333. The van der Waals surface area contributed by atoms with Crippen LogP contribution in [0.3, 0.4) is 0 Å². The summed E-state index contributed by atoms with van der Waals surface area (Å²) >= 11 is 3.42. The molecule has 2 aliphatic heterocycles. The lowest BCUT2D eigenvalue weighted by Gasteiger charge is -2.34. The van der Waals surface area contributed by atoms with Crippen molar-refractivity contribution in [3.05, 3.63) is 34.5 Å². The second-order valence-corrected chi connectivity index (χ2v) is 6.32. The second kappa shape index (κ2) is 4.59. The van der Waals surface area contributed by atoms with Gasteiger partial charge in [-0.3, -0.25) is 9.59 Å². The van der Waals surface area contributed by atoms with Crippen LogP contribution >= 0.6 is 15.9 Å². The molecule has 1 aromatic heterocycles. The van der Waals surface area contributed by atoms with Crippen LogP contribution in [0.2, 0.25) is 0 Å². The molecule has 2 atom stereocenters. The van der Waals surface area contributed by atoms with Crippen LogP contribution < -0.4 is 5.32 Å². The molecule has 2 unspecified atom stereocenters. The average Bonchev–Trinajstić information content (AvgIpc) is 3.04. The van der Waals surface area contributed by atoms with Crippen molar-refractivity contribution in [1.29, 1.82) is 0 Å². The Labute approximate surface area is 129 Å². The Morgan fingerprint density at radius 3 is 3.10 bits per heavy atom. The first-order valence-corrected chi connectivity index (χ1v) is 7.72. The summed E-state index contributed by atoms with van der Waals surface area (Å²) < 4.78 is 6.33. The van der Waals surface area contributed by atoms with Gasteiger partial charge in [0.15, 0.2) is 0 Å². The molecule has 108 valence electrons. The number of fused-ring (bicyclic) bond motifs is 3. The van der Waals surface area contributed by atoms with E-state index in [1.807, 2.05) is 18.2 Å². The van der Waals surface area contributed by atoms with Crippen LogP contribution in [0.15, 0.2) is 33.4 Å². The Morgan fingerprint density at radius 2 is 2.24 bits per heavy atom. The first kappa shape index (κ1) is 12.9. The zero-order chi connectivity index (χ0) is 14.6. The Kier molecular flexibility index (Phi) is 2.82. The lowest BCUT2D eigenvalue weighted by Crippen LogP contribution is -2.57. The number of rotatable bonds is 1. The molecule has 5 nitrogen and oxygen atoms in total. The van der Waals surface area contributed by atoms with Gasteiger partial charge in [0.2, 0.25) is 5.91 Å². The number of hydrogen-bond acceptors (Lipinski definition) is 3. The summed E-state index contributed by atoms with van der Waals surface area (Å²) in [7, 11) is 0. The minimum atomic E-state index is -0.339. The third-order valence-corrected chi connectivity index (χ3v) is 4.96. The van der Waals surface area contributed by atoms with Gasteiger partial charge in [-0.2, -0.15) is 0 Å². The van der Waals surface area contributed by atoms with Crippen LogP contribution in [0, 0.1) is 0 Å². The predicted molar refractivity (Wildman–Crippen MR) is 79.9 cm³/mol. The molecule has 4 rings (SSSR count). The summed E-state index contributed by atoms with van der Waals surface area (Å²) in [5.74, 6) is -0.166. The van der Waals surface area contributed by atoms with E-state index >= 15 is 0 Å². The highest BCUT2D eigenvalue weighted by Crippen LogP contribution is 2.33. The number of carbonyl (C=O) groups is 2. The maximum Gasteiger partial charge on any atom is 0.258 e. The summed E-state index contributed by atoms with van der Waals surface area (Å²) in [5.41, 5.74) is 1.19. The highest BCUT2D eigenvalue weighted by Gasteiger charge is 2.45. The molecule has 3 heterocycles. The van der Waals surface area contributed by atoms with Gasteiger partial charge in [0.05, 0.1) is 16.1 Å². The van der Waals surface area contributed by atoms with Gasteiger partial charge in [-0.05, 0) is 34.8 Å². The van der Waals surface area contributed by atoms with Crippen molar-refractivity contribution in [3.8, 4) is 0 Å². The Morgan fingerprint density at radius 1 is 1.38 bits per heavy atom. The van der Waals surface area contributed by atoms with Crippen LogP contribution in [-0.2, 0) is 4.79 Å². The van der Waals surface area contributed by atoms with Gasteiger partial charge in [0.25, 0.3) is 5.91 Å². The number of carbonyl (C=O) groups excluding carboxylic acids is 2. The summed E-state index contributed by atoms with van der Waals surface area (Å²) in [4.78, 5) is 26.5. The number of halogens is 1. The van der Waals surface area contributed by atoms with Crippen LogP contribution in [0.1, 0.15) is 23.2 Å². The molecule has 2 amide bonds. The maximum atomic E-state index is 12.9. The van der Waals surface area contributed by atoms with E-state index < -0.39 is 0 Å². The Balaban J connectivity index is 1.77. The van der Waals surface area contributed by atoms with Crippen molar-refractivity contribution in [1.82, 2.24) is 10.2 Å². The zero-order valence-corrected chi connectivity index (χ0v) is 12.7. The van der Waals surface area contributed by atoms with Crippen molar-refractivity contribution < 1.29 is 14.0 Å². The smallest absolute Gasteiger partial charge is 0.258 e. The van der Waals surface area contributed by atoms with E-state index in [0.29, 0.717) is 17.7 Å². The first-order valence-electron chi connectivity index (χ1n) is 6.93. The van der Waals surface area contributed by atoms with Crippen molar-refractivity contribution in [3.63, 3.8) is 0 Å². The van der Waals surface area contributed by atoms with Crippen molar-refractivity contribution in [2.24, 2.45) is 0 Å². The van der Waals surface area contributed by atoms with Crippen molar-refractivity contribution >= 4 is 38.7 Å². The van der Waals surface area contributed by atoms with Gasteiger partial charge in [0.1, 0.15) is 17.9 Å².